The van der Waals surface area contributed by atoms with Crippen LogP contribution in [-0.4, -0.2) is 73.4 Å². The highest BCUT2D eigenvalue weighted by Gasteiger charge is 2.28. The molecule has 3 unspecified atom stereocenters. The third-order valence-electron chi connectivity index (χ3n) is 12.1. The number of carbonyl (C=O) groups excluding carboxylic acids is 1. The molecule has 0 radical (unpaired) electrons. The lowest BCUT2D eigenvalue weighted by Gasteiger charge is -2.26. The minimum absolute atomic E-state index is 0.0582. The van der Waals surface area contributed by atoms with Gasteiger partial charge < -0.3 is 19.8 Å². The fourth-order valence-corrected chi connectivity index (χ4v) is 8.29. The number of nitrogens with zero attached hydrogens (tertiary/aromatic N) is 1. The van der Waals surface area contributed by atoms with E-state index in [1.54, 1.807) is 0 Å². The summed E-state index contributed by atoms with van der Waals surface area (Å²) in [6.45, 7) is 4.71. The summed E-state index contributed by atoms with van der Waals surface area (Å²) in [6.07, 6.45) is 83.4. The lowest BCUT2D eigenvalue weighted by molar-refractivity contribution is -0.870. The maximum Gasteiger partial charge on any atom is 0.472 e. The van der Waals surface area contributed by atoms with Crippen LogP contribution in [0.15, 0.2) is 146 Å². The Bertz CT molecular complexity index is 1710. The van der Waals surface area contributed by atoms with Gasteiger partial charge in [-0.2, -0.15) is 0 Å². The van der Waals surface area contributed by atoms with Crippen molar-refractivity contribution in [3.8, 4) is 0 Å². The van der Waals surface area contributed by atoms with Crippen molar-refractivity contribution in [3.05, 3.63) is 146 Å². The van der Waals surface area contributed by atoms with Crippen LogP contribution in [0.3, 0.4) is 0 Å². The number of hydrogen-bond acceptors (Lipinski definition) is 5. The summed E-state index contributed by atoms with van der Waals surface area (Å²) in [6, 6.07) is -0.794. The van der Waals surface area contributed by atoms with Crippen molar-refractivity contribution in [1.29, 1.82) is 0 Å². The molecule has 3 atom stereocenters. The van der Waals surface area contributed by atoms with Crippen LogP contribution in [0.2, 0.25) is 0 Å². The number of aliphatic hydroxyl groups excluding tert-OH is 1. The Morgan fingerprint density at radius 2 is 0.811 bits per heavy atom. The molecule has 0 rings (SSSR count). The van der Waals surface area contributed by atoms with Crippen molar-refractivity contribution in [3.63, 3.8) is 0 Å². The van der Waals surface area contributed by atoms with Crippen LogP contribution in [0.5, 0.6) is 0 Å². The van der Waals surface area contributed by atoms with Crippen LogP contribution in [-0.2, 0) is 18.4 Å². The second-order valence-corrected chi connectivity index (χ2v) is 21.7. The molecule has 9 heteroatoms. The summed E-state index contributed by atoms with van der Waals surface area (Å²) in [7, 11) is 1.56. The molecule has 0 bridgehead atoms. The summed E-state index contributed by atoms with van der Waals surface area (Å²) < 4.78 is 23.7. The fourth-order valence-electron chi connectivity index (χ4n) is 7.56. The second-order valence-electron chi connectivity index (χ2n) is 20.3. The van der Waals surface area contributed by atoms with Gasteiger partial charge >= 0.3 is 7.82 Å². The number of nitrogens with one attached hydrogen (secondary N) is 1. The predicted molar refractivity (Wildman–Crippen MR) is 322 cm³/mol. The first-order chi connectivity index (χ1) is 36.0. The summed E-state index contributed by atoms with van der Waals surface area (Å²) >= 11 is 0. The van der Waals surface area contributed by atoms with Gasteiger partial charge in [-0.25, -0.2) is 4.57 Å². The number of carbonyl (C=O) groups is 1. The smallest absolute Gasteiger partial charge is 0.391 e. The summed E-state index contributed by atoms with van der Waals surface area (Å²) in [5, 5.41) is 14.0. The van der Waals surface area contributed by atoms with Crippen LogP contribution in [0.25, 0.3) is 0 Å². The Morgan fingerprint density at radius 1 is 0.473 bits per heavy atom. The van der Waals surface area contributed by atoms with Gasteiger partial charge in [0.1, 0.15) is 13.2 Å². The maximum atomic E-state index is 13.0. The molecule has 0 spiro atoms. The average molecular weight is 1050 g/mol. The Kier molecular flexibility index (Phi) is 51.5. The number of phosphoric acid groups is 1. The predicted octanol–water partition coefficient (Wildman–Crippen LogP) is 18.1. The second kappa shape index (κ2) is 54.2. The van der Waals surface area contributed by atoms with E-state index in [4.69, 9.17) is 9.05 Å². The minimum atomic E-state index is -4.34. The molecule has 0 aromatic heterocycles. The van der Waals surface area contributed by atoms with E-state index in [0.717, 1.165) is 109 Å². The van der Waals surface area contributed by atoms with Crippen molar-refractivity contribution in [2.75, 3.05) is 40.9 Å². The molecule has 8 nitrogen and oxygen atoms in total. The Labute approximate surface area is 455 Å². The molecule has 0 saturated heterocycles. The quantitative estimate of drug-likeness (QED) is 0.0243. The molecule has 0 aliphatic heterocycles. The monoisotopic (exact) mass is 1050 g/mol. The first-order valence-corrected chi connectivity index (χ1v) is 30.7. The number of likely N-dealkylation sites (N-methyl/N-ethyl adjacent to an activating group) is 1. The van der Waals surface area contributed by atoms with Crippen molar-refractivity contribution in [2.45, 2.75) is 219 Å². The van der Waals surface area contributed by atoms with Crippen LogP contribution >= 0.6 is 7.82 Å². The molecule has 0 heterocycles. The third-order valence-corrected chi connectivity index (χ3v) is 13.1. The van der Waals surface area contributed by atoms with E-state index in [-0.39, 0.29) is 19.1 Å². The standard InChI is InChI=1S/C65H109N2O6P/c1-6-8-10-12-14-16-18-20-21-22-23-24-25-26-27-28-29-30-31-32-33-34-35-36-37-38-39-40-41-42-43-44-45-47-49-51-53-55-57-59-65(69)66-63(62-73-74(70,71)72-61-60-67(3,4)5)64(68)58-56-54-52-50-48-46-19-17-15-13-11-9-7-2/h8,10,14,16,20-21,23-24,26-27,29-30,32-33,35-36,38-39,41-42,44-45,49,51,63-64,68H,6-7,9,11-13,15,17-19,22,25,28,31,34,37,40,43,46-48,50,52-62H2,1-5H3,(H-,66,69,70,71)/p+1/b10-8-,16-14-,21-20-,24-23-,27-26-,30-29-,33-32-,36-35-,39-38-,42-41-,45-44-,51-49-. The molecule has 0 fully saturated rings. The van der Waals surface area contributed by atoms with E-state index in [9.17, 15) is 19.4 Å². The topological polar surface area (TPSA) is 105 Å². The SMILES string of the molecule is CC/C=C\C/C=C\C/C=C\C/C=C\C/C=C\C/C=C\C/C=C\C/C=C\C/C=C\C/C=C\C/C=C\C/C=C\CCCCC(=O)NC(COP(=O)(O)OCC[N+](C)(C)C)C(O)CCCCCCCCCCCCCCC. The maximum absolute atomic E-state index is 13.0. The van der Waals surface area contributed by atoms with E-state index in [1.165, 1.54) is 64.2 Å². The molecule has 3 N–H and O–H groups in total. The van der Waals surface area contributed by atoms with Gasteiger partial charge in [-0.15, -0.1) is 0 Å². The van der Waals surface area contributed by atoms with Gasteiger partial charge in [-0.1, -0.05) is 243 Å². The number of quaternary nitrogens is 1. The summed E-state index contributed by atoms with van der Waals surface area (Å²) in [5.74, 6) is -0.193. The molecule has 0 aliphatic carbocycles. The number of phosphoric ester groups is 1. The van der Waals surface area contributed by atoms with E-state index in [0.29, 0.717) is 30.3 Å². The minimum Gasteiger partial charge on any atom is -0.391 e. The van der Waals surface area contributed by atoms with Crippen LogP contribution in [0.1, 0.15) is 206 Å². The highest BCUT2D eigenvalue weighted by molar-refractivity contribution is 7.47. The van der Waals surface area contributed by atoms with Gasteiger partial charge in [0, 0.05) is 6.42 Å². The summed E-state index contributed by atoms with van der Waals surface area (Å²) in [5.41, 5.74) is 0. The lowest BCUT2D eigenvalue weighted by Crippen LogP contribution is -2.46. The van der Waals surface area contributed by atoms with E-state index >= 15 is 0 Å². The largest absolute Gasteiger partial charge is 0.472 e. The van der Waals surface area contributed by atoms with Gasteiger partial charge in [0.05, 0.1) is 39.9 Å². The van der Waals surface area contributed by atoms with Crippen molar-refractivity contribution >= 4 is 13.7 Å². The van der Waals surface area contributed by atoms with E-state index in [1.807, 2.05) is 21.1 Å². The number of rotatable bonds is 51. The molecular formula is C65H110N2O6P+. The van der Waals surface area contributed by atoms with Crippen LogP contribution in [0.4, 0.5) is 0 Å². The van der Waals surface area contributed by atoms with E-state index < -0.39 is 20.0 Å². The Morgan fingerprint density at radius 3 is 1.16 bits per heavy atom. The normalized spacial score (nSPS) is 15.0. The molecule has 0 aromatic rings. The third kappa shape index (κ3) is 56.1. The molecule has 0 aliphatic rings. The highest BCUT2D eigenvalue weighted by Crippen LogP contribution is 2.43. The Hall–Kier alpha value is -3.62. The highest BCUT2D eigenvalue weighted by atomic mass is 31.2. The molecule has 74 heavy (non-hydrogen) atoms. The first kappa shape index (κ1) is 70.4. The number of hydrogen-bond donors (Lipinski definition) is 3. The zero-order valence-electron chi connectivity index (χ0n) is 47.8. The zero-order valence-corrected chi connectivity index (χ0v) is 48.7. The van der Waals surface area contributed by atoms with Crippen LogP contribution < -0.4 is 5.32 Å². The van der Waals surface area contributed by atoms with Crippen molar-refractivity contribution < 1.29 is 32.9 Å². The van der Waals surface area contributed by atoms with Crippen molar-refractivity contribution in [2.24, 2.45) is 0 Å². The fraction of sp³-hybridized carbons (Fsp3) is 0.615. The van der Waals surface area contributed by atoms with E-state index in [2.05, 4.69) is 165 Å². The first-order valence-electron chi connectivity index (χ1n) is 29.2. The van der Waals surface area contributed by atoms with Gasteiger partial charge in [0.2, 0.25) is 5.91 Å². The molecule has 1 amide bonds. The van der Waals surface area contributed by atoms with Gasteiger partial charge in [-0.3, -0.25) is 13.8 Å². The summed E-state index contributed by atoms with van der Waals surface area (Å²) in [4.78, 5) is 23.3. The number of aliphatic hydroxyl groups is 1. The Balaban J connectivity index is 4.22. The molecule has 0 saturated carbocycles. The lowest BCUT2D eigenvalue weighted by atomic mass is 10.0. The molecule has 420 valence electrons. The number of amides is 1. The van der Waals surface area contributed by atoms with Gasteiger partial charge in [-0.05, 0) is 103 Å². The molecule has 0 aromatic carbocycles. The van der Waals surface area contributed by atoms with Crippen molar-refractivity contribution in [1.82, 2.24) is 5.32 Å². The average Bonchev–Trinajstić information content (AvgIpc) is 3.36. The van der Waals surface area contributed by atoms with Gasteiger partial charge in [0.15, 0.2) is 0 Å². The molecular weight excluding hydrogens is 936 g/mol. The van der Waals surface area contributed by atoms with Crippen LogP contribution in [0, 0.1) is 0 Å². The number of unbranched alkanes of at least 4 members (excludes halogenated alkanes) is 14. The van der Waals surface area contributed by atoms with Gasteiger partial charge in [0.25, 0.3) is 0 Å². The zero-order chi connectivity index (χ0) is 54.2. The number of allylic oxidation sites excluding steroid dienone is 24.